The third kappa shape index (κ3) is 17.3. The maximum atomic E-state index is 10.5. The van der Waals surface area contributed by atoms with E-state index in [9.17, 15) is 9.59 Å². The molecule has 5 heteroatoms. The molecule has 0 bridgehead atoms. The van der Waals surface area contributed by atoms with E-state index >= 15 is 0 Å². The van der Waals surface area contributed by atoms with Crippen LogP contribution in [0.4, 0.5) is 0 Å². The predicted octanol–water partition coefficient (Wildman–Crippen LogP) is 1.80. The molecule has 0 aromatic rings. The molecule has 0 saturated carbocycles. The molecule has 2 N–H and O–H groups in total. The normalized spacial score (nSPS) is 13.1. The second-order valence-electron chi connectivity index (χ2n) is 4.25. The summed E-state index contributed by atoms with van der Waals surface area (Å²) in [5.74, 6) is 0.292. The fourth-order valence-corrected chi connectivity index (χ4v) is 0.927. The van der Waals surface area contributed by atoms with E-state index in [1.807, 2.05) is 41.7 Å². The Morgan fingerprint density at radius 3 is 1.78 bits per heavy atom. The van der Waals surface area contributed by atoms with Gasteiger partial charge < -0.3 is 15.4 Å². The Balaban J connectivity index is -0.000000196. The zero-order valence-corrected chi connectivity index (χ0v) is 12.9. The van der Waals surface area contributed by atoms with E-state index in [1.54, 1.807) is 4.90 Å². The fraction of sp³-hybridized carbons (Fsp3) is 0.846. The van der Waals surface area contributed by atoms with Crippen LogP contribution in [0.1, 0.15) is 47.5 Å². The lowest BCUT2D eigenvalue weighted by atomic mass is 10.2. The van der Waals surface area contributed by atoms with Crippen molar-refractivity contribution in [2.45, 2.75) is 53.1 Å². The van der Waals surface area contributed by atoms with Gasteiger partial charge in [0.2, 0.25) is 5.91 Å². The summed E-state index contributed by atoms with van der Waals surface area (Å²) in [4.78, 5) is 21.9. The second kappa shape index (κ2) is 14.0. The standard InChI is InChI=1S/C5H9NO.C5H10O2.C2H6.CH5N/c1-6-4-2-3-5(6)7;1-5(2,3)7-4-6;2*1-2/h2-4H2,1H3;4H,1-3H3;1-2H3;2H2,1H3. The van der Waals surface area contributed by atoms with E-state index in [2.05, 4.69) is 10.5 Å². The third-order valence-electron chi connectivity index (χ3n) is 1.71. The zero-order chi connectivity index (χ0) is 15.2. The van der Waals surface area contributed by atoms with Gasteiger partial charge in [0.1, 0.15) is 5.60 Å². The van der Waals surface area contributed by atoms with Crippen LogP contribution in [0.3, 0.4) is 0 Å². The first-order valence-electron chi connectivity index (χ1n) is 6.30. The molecule has 0 aliphatic carbocycles. The molecule has 1 fully saturated rings. The summed E-state index contributed by atoms with van der Waals surface area (Å²) in [5.41, 5.74) is 4.18. The molecular weight excluding hydrogens is 232 g/mol. The molecule has 1 amide bonds. The summed E-state index contributed by atoms with van der Waals surface area (Å²) in [6.45, 7) is 10.9. The van der Waals surface area contributed by atoms with Gasteiger partial charge >= 0.3 is 0 Å². The molecule has 1 aliphatic heterocycles. The highest BCUT2D eigenvalue weighted by molar-refractivity contribution is 5.77. The van der Waals surface area contributed by atoms with Crippen molar-refractivity contribution in [3.05, 3.63) is 0 Å². The lowest BCUT2D eigenvalue weighted by Crippen LogP contribution is -2.17. The fourth-order valence-electron chi connectivity index (χ4n) is 0.927. The summed E-state index contributed by atoms with van der Waals surface area (Å²) in [7, 11) is 3.34. The Hall–Kier alpha value is -1.10. The molecule has 0 atom stereocenters. The number of hydrogen-bond acceptors (Lipinski definition) is 4. The van der Waals surface area contributed by atoms with Crippen molar-refractivity contribution in [1.82, 2.24) is 4.90 Å². The molecule has 18 heavy (non-hydrogen) atoms. The average molecular weight is 262 g/mol. The number of ether oxygens (including phenoxy) is 1. The summed E-state index contributed by atoms with van der Waals surface area (Å²) in [6.07, 6.45) is 1.81. The molecular formula is C13H30N2O3. The number of likely N-dealkylation sites (tertiary alicyclic amines) is 1. The van der Waals surface area contributed by atoms with Gasteiger partial charge in [-0.25, -0.2) is 0 Å². The Kier molecular flexibility index (Phi) is 17.2. The van der Waals surface area contributed by atoms with Gasteiger partial charge in [-0.3, -0.25) is 9.59 Å². The summed E-state index contributed by atoms with van der Waals surface area (Å²) >= 11 is 0. The topological polar surface area (TPSA) is 72.6 Å². The molecule has 1 saturated heterocycles. The van der Waals surface area contributed by atoms with Crippen molar-refractivity contribution >= 4 is 12.4 Å². The van der Waals surface area contributed by atoms with E-state index in [-0.39, 0.29) is 5.60 Å². The van der Waals surface area contributed by atoms with E-state index < -0.39 is 0 Å². The minimum atomic E-state index is -0.318. The quantitative estimate of drug-likeness (QED) is 0.731. The highest BCUT2D eigenvalue weighted by atomic mass is 16.5. The highest BCUT2D eigenvalue weighted by Crippen LogP contribution is 2.04. The third-order valence-corrected chi connectivity index (χ3v) is 1.71. The number of nitrogens with two attached hydrogens (primary N) is 1. The number of rotatable bonds is 1. The van der Waals surface area contributed by atoms with Crippen LogP contribution in [0.5, 0.6) is 0 Å². The largest absolute Gasteiger partial charge is 0.462 e. The van der Waals surface area contributed by atoms with Crippen LogP contribution >= 0.6 is 0 Å². The van der Waals surface area contributed by atoms with Crippen molar-refractivity contribution in [3.63, 3.8) is 0 Å². The minimum Gasteiger partial charge on any atom is -0.462 e. The van der Waals surface area contributed by atoms with Crippen LogP contribution < -0.4 is 5.73 Å². The van der Waals surface area contributed by atoms with Gasteiger partial charge in [-0.15, -0.1) is 0 Å². The van der Waals surface area contributed by atoms with Gasteiger partial charge in [0, 0.05) is 20.0 Å². The second-order valence-corrected chi connectivity index (χ2v) is 4.25. The van der Waals surface area contributed by atoms with Crippen LogP contribution in [0, 0.1) is 0 Å². The average Bonchev–Trinajstić information content (AvgIpc) is 2.68. The zero-order valence-electron chi connectivity index (χ0n) is 12.9. The lowest BCUT2D eigenvalue weighted by molar-refractivity contribution is -0.138. The molecule has 0 radical (unpaired) electrons. The molecule has 1 heterocycles. The van der Waals surface area contributed by atoms with Crippen LogP contribution in [0.25, 0.3) is 0 Å². The first-order chi connectivity index (χ1) is 8.37. The molecule has 1 rings (SSSR count). The van der Waals surface area contributed by atoms with Gasteiger partial charge in [0.15, 0.2) is 0 Å². The Bertz CT molecular complexity index is 201. The van der Waals surface area contributed by atoms with Crippen molar-refractivity contribution in [2.24, 2.45) is 5.73 Å². The van der Waals surface area contributed by atoms with Gasteiger partial charge in [0.25, 0.3) is 6.47 Å². The van der Waals surface area contributed by atoms with Crippen molar-refractivity contribution in [2.75, 3.05) is 20.6 Å². The molecule has 5 nitrogen and oxygen atoms in total. The number of carbonyl (C=O) groups excluding carboxylic acids is 2. The Morgan fingerprint density at radius 2 is 1.72 bits per heavy atom. The predicted molar refractivity (Wildman–Crippen MR) is 75.2 cm³/mol. The maximum absolute atomic E-state index is 10.5. The van der Waals surface area contributed by atoms with E-state index in [0.717, 1.165) is 19.4 Å². The summed E-state index contributed by atoms with van der Waals surface area (Å²) in [5, 5.41) is 0. The maximum Gasteiger partial charge on any atom is 0.293 e. The van der Waals surface area contributed by atoms with Crippen molar-refractivity contribution in [3.8, 4) is 0 Å². The molecule has 0 unspecified atom stereocenters. The van der Waals surface area contributed by atoms with Crippen LogP contribution in [-0.2, 0) is 14.3 Å². The number of hydrogen-bond donors (Lipinski definition) is 1. The monoisotopic (exact) mass is 262 g/mol. The highest BCUT2D eigenvalue weighted by Gasteiger charge is 2.14. The van der Waals surface area contributed by atoms with Gasteiger partial charge in [0.05, 0.1) is 0 Å². The smallest absolute Gasteiger partial charge is 0.293 e. The lowest BCUT2D eigenvalue weighted by Gasteiger charge is -2.14. The summed E-state index contributed by atoms with van der Waals surface area (Å²) < 4.78 is 4.55. The Labute approximate surface area is 112 Å². The van der Waals surface area contributed by atoms with Gasteiger partial charge in [-0.2, -0.15) is 0 Å². The molecule has 0 aromatic carbocycles. The number of carbonyl (C=O) groups is 2. The van der Waals surface area contributed by atoms with Gasteiger partial charge in [-0.1, -0.05) is 13.8 Å². The number of nitrogens with zero attached hydrogens (tertiary/aromatic N) is 1. The SMILES string of the molecule is CC.CC(C)(C)OC=O.CN.CN1CCCC1=O. The number of amides is 1. The molecule has 0 spiro atoms. The van der Waals surface area contributed by atoms with Crippen LogP contribution in [0.15, 0.2) is 0 Å². The molecule has 110 valence electrons. The van der Waals surface area contributed by atoms with Gasteiger partial charge in [-0.05, 0) is 34.2 Å². The van der Waals surface area contributed by atoms with Crippen molar-refractivity contribution in [1.29, 1.82) is 0 Å². The van der Waals surface area contributed by atoms with Crippen LogP contribution in [0.2, 0.25) is 0 Å². The first kappa shape index (κ1) is 22.1. The van der Waals surface area contributed by atoms with E-state index in [4.69, 9.17) is 0 Å². The van der Waals surface area contributed by atoms with Crippen molar-refractivity contribution < 1.29 is 14.3 Å². The van der Waals surface area contributed by atoms with E-state index in [1.165, 1.54) is 7.05 Å². The molecule has 1 aliphatic rings. The minimum absolute atomic E-state index is 0.292. The van der Waals surface area contributed by atoms with Crippen LogP contribution in [-0.4, -0.2) is 43.5 Å². The molecule has 0 aromatic heterocycles. The summed E-state index contributed by atoms with van der Waals surface area (Å²) in [6, 6.07) is 0. The first-order valence-corrected chi connectivity index (χ1v) is 6.30. The van der Waals surface area contributed by atoms with E-state index in [0.29, 0.717) is 12.4 Å². The Morgan fingerprint density at radius 1 is 1.28 bits per heavy atom.